The number of hydrogen-bond acceptors (Lipinski definition) is 0. The van der Waals surface area contributed by atoms with Crippen LogP contribution in [0.1, 0.15) is 58.4 Å². The lowest BCUT2D eigenvalue weighted by Crippen LogP contribution is -2.42. The van der Waals surface area contributed by atoms with Gasteiger partial charge in [0.1, 0.15) is 0 Å². The zero-order chi connectivity index (χ0) is 37.3. The van der Waals surface area contributed by atoms with Crippen LogP contribution >= 0.6 is 0 Å². The average Bonchev–Trinajstić information content (AvgIpc) is 3.58. The first-order valence-corrected chi connectivity index (χ1v) is 19.5. The molecule has 0 saturated carbocycles. The third kappa shape index (κ3) is 4.79. The van der Waals surface area contributed by atoms with Gasteiger partial charge in [-0.3, -0.25) is 0 Å². The van der Waals surface area contributed by atoms with Crippen molar-refractivity contribution in [2.45, 2.75) is 38.5 Å². The Balaban J connectivity index is 1.39. The zero-order valence-corrected chi connectivity index (χ0v) is 31.8. The number of fused-ring (bicyclic) bond motifs is 6. The molecule has 0 saturated heterocycles. The van der Waals surface area contributed by atoms with Crippen LogP contribution in [0.15, 0.2) is 188 Å². The van der Waals surface area contributed by atoms with Crippen LogP contribution in [0.4, 0.5) is 0 Å². The molecule has 0 radical (unpaired) electrons. The second-order valence-electron chi connectivity index (χ2n) is 15.6. The molecule has 264 valence electrons. The number of aryl methyl sites for hydroxylation is 2. The molecule has 0 aliphatic heterocycles. The Kier molecular flexibility index (Phi) is 7.58. The van der Waals surface area contributed by atoms with Crippen molar-refractivity contribution in [3.63, 3.8) is 0 Å². The van der Waals surface area contributed by atoms with Crippen LogP contribution in [0.25, 0.3) is 49.7 Å². The largest absolute Gasteiger partial charge is 0.309 e. The van der Waals surface area contributed by atoms with Crippen molar-refractivity contribution in [1.82, 2.24) is 4.57 Å². The summed E-state index contributed by atoms with van der Waals surface area (Å²) in [5.41, 5.74) is 18.4. The predicted octanol–water partition coefficient (Wildman–Crippen LogP) is 13.8. The van der Waals surface area contributed by atoms with Gasteiger partial charge < -0.3 is 4.57 Å². The van der Waals surface area contributed by atoms with Gasteiger partial charge in [0.15, 0.2) is 0 Å². The fraction of sp³-hybridized carbons (Fsp3) is 0.111. The molecular weight excluding hydrogens is 663 g/mol. The first kappa shape index (κ1) is 33.2. The lowest BCUT2D eigenvalue weighted by Gasteiger charge is -2.49. The summed E-state index contributed by atoms with van der Waals surface area (Å²) in [5, 5.41) is 2.59. The van der Waals surface area contributed by atoms with Gasteiger partial charge in [-0.15, -0.1) is 0 Å². The van der Waals surface area contributed by atoms with E-state index in [0.717, 1.165) is 5.69 Å². The maximum absolute atomic E-state index is 2.49. The van der Waals surface area contributed by atoms with E-state index in [-0.39, 0.29) is 0 Å². The Morgan fingerprint density at radius 2 is 0.982 bits per heavy atom. The fourth-order valence-electron chi connectivity index (χ4n) is 9.99. The molecular formula is C54H43N. The van der Waals surface area contributed by atoms with E-state index >= 15 is 0 Å². The predicted molar refractivity (Wildman–Crippen MR) is 232 cm³/mol. The van der Waals surface area contributed by atoms with E-state index in [9.17, 15) is 0 Å². The quantitative estimate of drug-likeness (QED) is 0.168. The SMILES string of the molecule is Cc1ccccc1-c1c(C)ccc2c1C(C)(c1ccccc1)c1ccc3c(c1C2(C)c1ccccc1)c1ccccc1n3-c1cccc(-c2ccccc2)c1. The summed E-state index contributed by atoms with van der Waals surface area (Å²) in [6, 6.07) is 69.9. The first-order chi connectivity index (χ1) is 26.9. The molecule has 0 spiro atoms. The normalized spacial score (nSPS) is 17.6. The molecule has 1 heterocycles. The van der Waals surface area contributed by atoms with Crippen molar-refractivity contribution in [1.29, 1.82) is 0 Å². The van der Waals surface area contributed by atoms with Gasteiger partial charge in [0, 0.05) is 27.3 Å². The first-order valence-electron chi connectivity index (χ1n) is 19.5. The Morgan fingerprint density at radius 3 is 1.69 bits per heavy atom. The van der Waals surface area contributed by atoms with Crippen LogP contribution in [0, 0.1) is 13.8 Å². The molecule has 55 heavy (non-hydrogen) atoms. The number of para-hydroxylation sites is 1. The summed E-state index contributed by atoms with van der Waals surface area (Å²) in [5.74, 6) is 0. The molecule has 10 rings (SSSR count). The Labute approximate surface area is 324 Å². The van der Waals surface area contributed by atoms with E-state index in [4.69, 9.17) is 0 Å². The van der Waals surface area contributed by atoms with Gasteiger partial charge >= 0.3 is 0 Å². The summed E-state index contributed by atoms with van der Waals surface area (Å²) in [6.07, 6.45) is 0. The minimum atomic E-state index is -0.480. The van der Waals surface area contributed by atoms with E-state index in [1.807, 2.05) is 0 Å². The summed E-state index contributed by atoms with van der Waals surface area (Å²) >= 11 is 0. The minimum Gasteiger partial charge on any atom is -0.309 e. The van der Waals surface area contributed by atoms with Gasteiger partial charge in [-0.25, -0.2) is 0 Å². The highest BCUT2D eigenvalue weighted by molar-refractivity contribution is 6.13. The maximum Gasteiger partial charge on any atom is 0.0544 e. The minimum absolute atomic E-state index is 0.464. The van der Waals surface area contributed by atoms with Crippen LogP contribution < -0.4 is 0 Å². The van der Waals surface area contributed by atoms with Crippen molar-refractivity contribution < 1.29 is 0 Å². The van der Waals surface area contributed by atoms with Crippen LogP contribution in [-0.2, 0) is 10.8 Å². The molecule has 9 aromatic rings. The number of hydrogen-bond donors (Lipinski definition) is 0. The third-order valence-electron chi connectivity index (χ3n) is 12.7. The van der Waals surface area contributed by atoms with Crippen LogP contribution in [-0.4, -0.2) is 4.57 Å². The molecule has 0 fully saturated rings. The summed E-state index contributed by atoms with van der Waals surface area (Å²) in [7, 11) is 0. The van der Waals surface area contributed by atoms with Gasteiger partial charge in [-0.2, -0.15) is 0 Å². The number of aromatic nitrogens is 1. The van der Waals surface area contributed by atoms with Gasteiger partial charge in [0.05, 0.1) is 11.0 Å². The standard InChI is InChI=1S/C54H43N/c1-36-19-14-15-28-43(36)49-37(2)31-32-45-51(49)53(3,40-23-10-6-11-24-40)46-33-34-48-50(52(46)54(45,4)41-25-12-7-13-26-41)44-29-16-17-30-47(44)55(48)42-27-18-22-39(35-42)38-20-8-5-9-21-38/h5-35H,1-4H3. The zero-order valence-electron chi connectivity index (χ0n) is 31.8. The van der Waals surface area contributed by atoms with Crippen molar-refractivity contribution in [2.24, 2.45) is 0 Å². The Bertz CT molecular complexity index is 2900. The second-order valence-corrected chi connectivity index (χ2v) is 15.6. The molecule has 1 aliphatic carbocycles. The second kappa shape index (κ2) is 12.6. The summed E-state index contributed by atoms with van der Waals surface area (Å²) < 4.78 is 2.49. The Hall–Kier alpha value is -6.44. The van der Waals surface area contributed by atoms with Gasteiger partial charge in [0.25, 0.3) is 0 Å². The molecule has 1 heteroatoms. The highest BCUT2D eigenvalue weighted by atomic mass is 15.0. The number of nitrogens with zero attached hydrogens (tertiary/aromatic N) is 1. The molecule has 1 nitrogen and oxygen atoms in total. The molecule has 0 N–H and O–H groups in total. The summed E-state index contributed by atoms with van der Waals surface area (Å²) in [4.78, 5) is 0. The van der Waals surface area contributed by atoms with E-state index in [1.54, 1.807) is 0 Å². The van der Waals surface area contributed by atoms with Crippen molar-refractivity contribution in [2.75, 3.05) is 0 Å². The smallest absolute Gasteiger partial charge is 0.0544 e. The van der Waals surface area contributed by atoms with Crippen molar-refractivity contribution >= 4 is 21.8 Å². The number of benzene rings is 8. The molecule has 2 atom stereocenters. The molecule has 2 unspecified atom stereocenters. The van der Waals surface area contributed by atoms with Crippen molar-refractivity contribution in [3.05, 3.63) is 233 Å². The lowest BCUT2D eigenvalue weighted by atomic mass is 9.53. The summed E-state index contributed by atoms with van der Waals surface area (Å²) in [6.45, 7) is 9.53. The highest BCUT2D eigenvalue weighted by Gasteiger charge is 2.50. The van der Waals surface area contributed by atoms with Gasteiger partial charge in [0.2, 0.25) is 0 Å². The third-order valence-corrected chi connectivity index (χ3v) is 12.7. The van der Waals surface area contributed by atoms with Crippen molar-refractivity contribution in [3.8, 4) is 27.9 Å². The molecule has 1 aliphatic rings. The van der Waals surface area contributed by atoms with E-state index in [2.05, 4.69) is 220 Å². The van der Waals surface area contributed by atoms with Crippen LogP contribution in [0.3, 0.4) is 0 Å². The van der Waals surface area contributed by atoms with Crippen LogP contribution in [0.2, 0.25) is 0 Å². The molecule has 1 aromatic heterocycles. The van der Waals surface area contributed by atoms with Crippen LogP contribution in [0.5, 0.6) is 0 Å². The molecule has 0 bridgehead atoms. The van der Waals surface area contributed by atoms with E-state index < -0.39 is 10.8 Å². The lowest BCUT2D eigenvalue weighted by molar-refractivity contribution is 0.573. The highest BCUT2D eigenvalue weighted by Crippen LogP contribution is 2.60. The number of rotatable bonds is 5. The van der Waals surface area contributed by atoms with Gasteiger partial charge in [-0.1, -0.05) is 164 Å². The van der Waals surface area contributed by atoms with E-state index in [1.165, 1.54) is 88.6 Å². The molecule has 0 amide bonds. The fourth-order valence-corrected chi connectivity index (χ4v) is 9.99. The van der Waals surface area contributed by atoms with Gasteiger partial charge in [-0.05, 0) is 119 Å². The van der Waals surface area contributed by atoms with E-state index in [0.29, 0.717) is 0 Å². The maximum atomic E-state index is 2.49. The Morgan fingerprint density at radius 1 is 0.418 bits per heavy atom. The average molecular weight is 706 g/mol. The molecule has 8 aromatic carbocycles. The topological polar surface area (TPSA) is 4.93 Å². The monoisotopic (exact) mass is 705 g/mol.